The first-order chi connectivity index (χ1) is 14.1. The molecule has 0 radical (unpaired) electrons. The minimum atomic E-state index is -0.298. The van der Waals surface area contributed by atoms with Gasteiger partial charge in [0.1, 0.15) is 12.3 Å². The molecule has 0 saturated carbocycles. The van der Waals surface area contributed by atoms with Gasteiger partial charge < -0.3 is 9.64 Å². The van der Waals surface area contributed by atoms with E-state index < -0.39 is 0 Å². The molecule has 1 amide bonds. The normalized spacial score (nSPS) is 15.2. The average Bonchev–Trinajstić information content (AvgIpc) is 3.06. The van der Waals surface area contributed by atoms with Crippen molar-refractivity contribution in [3.8, 4) is 17.0 Å². The molecule has 0 saturated heterocycles. The van der Waals surface area contributed by atoms with Crippen LogP contribution in [0.5, 0.6) is 5.75 Å². The number of fused-ring (bicyclic) bond motifs is 1. The zero-order chi connectivity index (χ0) is 20.4. The smallest absolute Gasteiger partial charge is 0.267 e. The Morgan fingerprint density at radius 3 is 2.62 bits per heavy atom. The summed E-state index contributed by atoms with van der Waals surface area (Å²) in [6, 6.07) is 18.6. The fourth-order valence-corrected chi connectivity index (χ4v) is 3.75. The van der Waals surface area contributed by atoms with E-state index in [4.69, 9.17) is 4.74 Å². The van der Waals surface area contributed by atoms with Crippen molar-refractivity contribution >= 4 is 11.6 Å². The molecule has 3 aromatic rings. The van der Waals surface area contributed by atoms with E-state index in [9.17, 15) is 9.59 Å². The SMILES string of the molecule is CCOc1ccc(-c2ccc(=O)n(CC(=O)N3c4ccccc4CC3C)n2)cc1. The molecule has 1 aromatic heterocycles. The lowest BCUT2D eigenvalue weighted by atomic mass is 10.1. The molecule has 1 aliphatic rings. The number of rotatable bonds is 5. The molecule has 0 spiro atoms. The molecule has 1 aliphatic heterocycles. The lowest BCUT2D eigenvalue weighted by molar-refractivity contribution is -0.119. The predicted octanol–water partition coefficient (Wildman–Crippen LogP) is 3.29. The predicted molar refractivity (Wildman–Crippen MR) is 112 cm³/mol. The number of anilines is 1. The minimum Gasteiger partial charge on any atom is -0.494 e. The third kappa shape index (κ3) is 3.78. The van der Waals surface area contributed by atoms with Gasteiger partial charge in [0.05, 0.1) is 12.3 Å². The highest BCUT2D eigenvalue weighted by atomic mass is 16.5. The second-order valence-corrected chi connectivity index (χ2v) is 7.12. The van der Waals surface area contributed by atoms with Crippen molar-refractivity contribution in [1.82, 2.24) is 9.78 Å². The molecule has 0 fully saturated rings. The number of hydrogen-bond acceptors (Lipinski definition) is 4. The Morgan fingerprint density at radius 1 is 1.10 bits per heavy atom. The number of ether oxygens (including phenoxy) is 1. The Morgan fingerprint density at radius 2 is 1.86 bits per heavy atom. The molecule has 0 N–H and O–H groups in total. The summed E-state index contributed by atoms with van der Waals surface area (Å²) in [7, 11) is 0. The second-order valence-electron chi connectivity index (χ2n) is 7.12. The van der Waals surface area contributed by atoms with Gasteiger partial charge in [0.2, 0.25) is 5.91 Å². The third-order valence-electron chi connectivity index (χ3n) is 5.09. The Balaban J connectivity index is 1.58. The number of nitrogens with zero attached hydrogens (tertiary/aromatic N) is 3. The Bertz CT molecular complexity index is 1090. The van der Waals surface area contributed by atoms with Crippen LogP contribution in [0.3, 0.4) is 0 Å². The van der Waals surface area contributed by atoms with Crippen molar-refractivity contribution in [3.63, 3.8) is 0 Å². The molecule has 0 aliphatic carbocycles. The molecular weight excluding hydrogens is 366 g/mol. The molecular formula is C23H23N3O3. The van der Waals surface area contributed by atoms with Gasteiger partial charge in [0, 0.05) is 23.4 Å². The van der Waals surface area contributed by atoms with E-state index >= 15 is 0 Å². The molecule has 2 heterocycles. The average molecular weight is 389 g/mol. The quantitative estimate of drug-likeness (QED) is 0.672. The van der Waals surface area contributed by atoms with E-state index in [2.05, 4.69) is 5.10 Å². The molecule has 1 unspecified atom stereocenters. The monoisotopic (exact) mass is 389 g/mol. The summed E-state index contributed by atoms with van der Waals surface area (Å²) in [5.41, 5.74) is 3.26. The molecule has 6 heteroatoms. The largest absolute Gasteiger partial charge is 0.494 e. The van der Waals surface area contributed by atoms with Gasteiger partial charge in [0.15, 0.2) is 0 Å². The highest BCUT2D eigenvalue weighted by Gasteiger charge is 2.30. The number of carbonyl (C=O) groups excluding carboxylic acids is 1. The van der Waals surface area contributed by atoms with E-state index in [1.807, 2.05) is 62.4 Å². The summed E-state index contributed by atoms with van der Waals surface area (Å²) in [5.74, 6) is 0.641. The van der Waals surface area contributed by atoms with Crippen molar-refractivity contribution < 1.29 is 9.53 Å². The lowest BCUT2D eigenvalue weighted by Crippen LogP contribution is -2.40. The van der Waals surface area contributed by atoms with Crippen LogP contribution in [0.25, 0.3) is 11.3 Å². The van der Waals surface area contributed by atoms with Gasteiger partial charge in [-0.15, -0.1) is 0 Å². The summed E-state index contributed by atoms with van der Waals surface area (Å²) in [6.07, 6.45) is 0.816. The summed E-state index contributed by atoms with van der Waals surface area (Å²) < 4.78 is 6.70. The van der Waals surface area contributed by atoms with Crippen LogP contribution in [0.15, 0.2) is 65.5 Å². The van der Waals surface area contributed by atoms with Gasteiger partial charge in [0.25, 0.3) is 5.56 Å². The van der Waals surface area contributed by atoms with E-state index in [-0.39, 0.29) is 24.1 Å². The maximum absolute atomic E-state index is 13.0. The number of amides is 1. The van der Waals surface area contributed by atoms with E-state index in [0.717, 1.165) is 29.0 Å². The van der Waals surface area contributed by atoms with E-state index in [1.165, 1.54) is 10.7 Å². The minimum absolute atomic E-state index is 0.0601. The molecule has 1 atom stereocenters. The van der Waals surface area contributed by atoms with E-state index in [0.29, 0.717) is 12.3 Å². The molecule has 29 heavy (non-hydrogen) atoms. The first kappa shape index (κ1) is 18.9. The molecule has 148 valence electrons. The van der Waals surface area contributed by atoms with Crippen LogP contribution in [0.4, 0.5) is 5.69 Å². The van der Waals surface area contributed by atoms with Crippen molar-refractivity contribution in [2.24, 2.45) is 0 Å². The topological polar surface area (TPSA) is 64.4 Å². The van der Waals surface area contributed by atoms with Gasteiger partial charge in [-0.3, -0.25) is 9.59 Å². The summed E-state index contributed by atoms with van der Waals surface area (Å²) in [5, 5.41) is 4.43. The number of aromatic nitrogens is 2. The van der Waals surface area contributed by atoms with Gasteiger partial charge in [-0.2, -0.15) is 5.10 Å². The third-order valence-corrected chi connectivity index (χ3v) is 5.09. The van der Waals surface area contributed by atoms with Crippen molar-refractivity contribution in [2.75, 3.05) is 11.5 Å². The van der Waals surface area contributed by atoms with Crippen LogP contribution in [0.1, 0.15) is 19.4 Å². The van der Waals surface area contributed by atoms with Crippen molar-refractivity contribution in [3.05, 3.63) is 76.6 Å². The van der Waals surface area contributed by atoms with Crippen LogP contribution in [0.2, 0.25) is 0 Å². The summed E-state index contributed by atoms with van der Waals surface area (Å²) >= 11 is 0. The maximum Gasteiger partial charge on any atom is 0.267 e. The number of carbonyl (C=O) groups is 1. The van der Waals surface area contributed by atoms with Crippen molar-refractivity contribution in [2.45, 2.75) is 32.9 Å². The van der Waals surface area contributed by atoms with Crippen LogP contribution in [-0.2, 0) is 17.8 Å². The summed E-state index contributed by atoms with van der Waals surface area (Å²) in [4.78, 5) is 27.1. The van der Waals surface area contributed by atoms with Crippen LogP contribution >= 0.6 is 0 Å². The Labute approximate surface area is 169 Å². The molecule has 4 rings (SSSR count). The van der Waals surface area contributed by atoms with Crippen LogP contribution in [-0.4, -0.2) is 28.3 Å². The summed E-state index contributed by atoms with van der Waals surface area (Å²) in [6.45, 7) is 4.46. The number of para-hydroxylation sites is 1. The van der Waals surface area contributed by atoms with Gasteiger partial charge in [-0.05, 0) is 62.2 Å². The lowest BCUT2D eigenvalue weighted by Gasteiger charge is -2.23. The zero-order valence-electron chi connectivity index (χ0n) is 16.5. The van der Waals surface area contributed by atoms with Crippen LogP contribution < -0.4 is 15.2 Å². The van der Waals surface area contributed by atoms with Gasteiger partial charge in [-0.1, -0.05) is 18.2 Å². The fraction of sp³-hybridized carbons (Fsp3) is 0.261. The van der Waals surface area contributed by atoms with E-state index in [1.54, 1.807) is 11.0 Å². The number of benzene rings is 2. The highest BCUT2D eigenvalue weighted by molar-refractivity contribution is 5.96. The Hall–Kier alpha value is -3.41. The van der Waals surface area contributed by atoms with Crippen molar-refractivity contribution in [1.29, 1.82) is 0 Å². The fourth-order valence-electron chi connectivity index (χ4n) is 3.75. The highest BCUT2D eigenvalue weighted by Crippen LogP contribution is 2.31. The zero-order valence-corrected chi connectivity index (χ0v) is 16.5. The molecule has 6 nitrogen and oxygen atoms in total. The standard InChI is InChI=1S/C23H23N3O3/c1-3-29-19-10-8-17(9-11-19)20-12-13-22(27)25(24-20)15-23(28)26-16(2)14-18-6-4-5-7-21(18)26/h4-13,16H,3,14-15H2,1-2H3. The second kappa shape index (κ2) is 7.91. The first-order valence-electron chi connectivity index (χ1n) is 9.78. The molecule has 2 aromatic carbocycles. The first-order valence-corrected chi connectivity index (χ1v) is 9.78. The van der Waals surface area contributed by atoms with Gasteiger partial charge >= 0.3 is 0 Å². The Kier molecular flexibility index (Phi) is 5.16. The molecule has 0 bridgehead atoms. The number of hydrogen-bond donors (Lipinski definition) is 0. The maximum atomic E-state index is 13.0. The van der Waals surface area contributed by atoms with Crippen LogP contribution in [0, 0.1) is 0 Å². The van der Waals surface area contributed by atoms with Gasteiger partial charge in [-0.25, -0.2) is 4.68 Å².